The molecule has 1 saturated heterocycles. The maximum absolute atomic E-state index is 4.75. The summed E-state index contributed by atoms with van der Waals surface area (Å²) >= 11 is 3.54. The number of fused-ring (bicyclic) bond motifs is 2. The Hall–Kier alpha value is -2.42. The number of hydrogen-bond donors (Lipinski definition) is 3. The number of nitrogens with zero attached hydrogens (tertiary/aromatic N) is 4. The van der Waals surface area contributed by atoms with Gasteiger partial charge in [0.2, 0.25) is 0 Å². The average molecular weight is 468 g/mol. The van der Waals surface area contributed by atoms with E-state index in [0.29, 0.717) is 0 Å². The summed E-state index contributed by atoms with van der Waals surface area (Å²) in [5, 5.41) is 12.2. The number of likely N-dealkylation sites (N-methyl/N-ethyl adjacent to an activating group) is 1. The average Bonchev–Trinajstić information content (AvgIpc) is 3.35. The third kappa shape index (κ3) is 4.08. The zero-order valence-electron chi connectivity index (χ0n) is 17.1. The lowest BCUT2D eigenvalue weighted by molar-refractivity contribution is 0.154. The van der Waals surface area contributed by atoms with Crippen LogP contribution >= 0.6 is 15.9 Å². The molecular weight excluding hydrogens is 442 g/mol. The van der Waals surface area contributed by atoms with Crippen LogP contribution in [0.2, 0.25) is 0 Å². The zero-order valence-corrected chi connectivity index (χ0v) is 18.7. The number of hydrogen-bond acceptors (Lipinski definition) is 5. The molecule has 0 spiro atoms. The monoisotopic (exact) mass is 467 g/mol. The maximum atomic E-state index is 4.75. The lowest BCUT2D eigenvalue weighted by atomic mass is 10.2. The van der Waals surface area contributed by atoms with E-state index in [9.17, 15) is 0 Å². The summed E-state index contributed by atoms with van der Waals surface area (Å²) < 4.78 is 1.02. The van der Waals surface area contributed by atoms with Crippen LogP contribution in [-0.4, -0.2) is 76.3 Å². The van der Waals surface area contributed by atoms with Crippen molar-refractivity contribution in [1.82, 2.24) is 30.0 Å². The van der Waals surface area contributed by atoms with Crippen LogP contribution in [0.1, 0.15) is 6.42 Å². The van der Waals surface area contributed by atoms with Crippen molar-refractivity contribution in [3.8, 4) is 11.5 Å². The SMILES string of the molecule is CN1CCN(CCCNc2ccc3nc(-c4n[nH]c5ccc(Br)cc45)[nH]c3c2)CC1. The molecule has 4 aromatic rings. The van der Waals surface area contributed by atoms with Gasteiger partial charge in [-0.25, -0.2) is 4.98 Å². The first-order chi connectivity index (χ1) is 14.7. The third-order valence-corrected chi connectivity index (χ3v) is 6.30. The summed E-state index contributed by atoms with van der Waals surface area (Å²) in [4.78, 5) is 13.1. The number of aromatic amines is 2. The minimum absolute atomic E-state index is 0.779. The van der Waals surface area contributed by atoms with E-state index in [0.717, 1.165) is 63.1 Å². The molecule has 3 heterocycles. The van der Waals surface area contributed by atoms with Crippen molar-refractivity contribution in [3.05, 3.63) is 40.9 Å². The largest absolute Gasteiger partial charge is 0.385 e. The first kappa shape index (κ1) is 19.5. The van der Waals surface area contributed by atoms with Crippen molar-refractivity contribution in [1.29, 1.82) is 0 Å². The molecule has 0 saturated carbocycles. The Morgan fingerprint density at radius 1 is 1.07 bits per heavy atom. The molecule has 156 valence electrons. The van der Waals surface area contributed by atoms with Gasteiger partial charge in [0, 0.05) is 48.3 Å². The summed E-state index contributed by atoms with van der Waals surface area (Å²) in [6.45, 7) is 6.83. The Bertz CT molecular complexity index is 1160. The van der Waals surface area contributed by atoms with Crippen LogP contribution in [-0.2, 0) is 0 Å². The number of imidazole rings is 1. The molecule has 0 unspecified atom stereocenters. The van der Waals surface area contributed by atoms with Gasteiger partial charge in [-0.1, -0.05) is 15.9 Å². The molecule has 0 amide bonds. The highest BCUT2D eigenvalue weighted by Gasteiger charge is 2.14. The number of halogens is 1. The van der Waals surface area contributed by atoms with Crippen LogP contribution in [0.4, 0.5) is 5.69 Å². The van der Waals surface area contributed by atoms with Gasteiger partial charge in [0.05, 0.1) is 16.6 Å². The van der Waals surface area contributed by atoms with Crippen LogP contribution in [0, 0.1) is 0 Å². The van der Waals surface area contributed by atoms with E-state index in [1.165, 1.54) is 26.2 Å². The van der Waals surface area contributed by atoms with Gasteiger partial charge in [0.1, 0.15) is 5.69 Å². The second-order valence-electron chi connectivity index (χ2n) is 8.00. The van der Waals surface area contributed by atoms with Gasteiger partial charge in [-0.3, -0.25) is 5.10 Å². The molecule has 1 aliphatic rings. The molecule has 2 aromatic heterocycles. The molecule has 3 N–H and O–H groups in total. The smallest absolute Gasteiger partial charge is 0.159 e. The maximum Gasteiger partial charge on any atom is 0.159 e. The van der Waals surface area contributed by atoms with Crippen LogP contribution in [0.3, 0.4) is 0 Å². The van der Waals surface area contributed by atoms with Gasteiger partial charge in [0.15, 0.2) is 5.82 Å². The molecule has 1 aliphatic heterocycles. The van der Waals surface area contributed by atoms with E-state index < -0.39 is 0 Å². The summed E-state index contributed by atoms with van der Waals surface area (Å²) in [5.74, 6) is 0.779. The molecule has 0 aliphatic carbocycles. The summed E-state index contributed by atoms with van der Waals surface area (Å²) in [7, 11) is 2.20. The van der Waals surface area contributed by atoms with E-state index >= 15 is 0 Å². The summed E-state index contributed by atoms with van der Waals surface area (Å²) in [6, 6.07) is 12.4. The predicted octanol–water partition coefficient (Wildman–Crippen LogP) is 3.92. The van der Waals surface area contributed by atoms with Crippen LogP contribution in [0.25, 0.3) is 33.5 Å². The minimum atomic E-state index is 0.779. The Kier molecular flexibility index (Phi) is 5.45. The highest BCUT2D eigenvalue weighted by atomic mass is 79.9. The number of anilines is 1. The van der Waals surface area contributed by atoms with Crippen molar-refractivity contribution in [2.75, 3.05) is 51.6 Å². The van der Waals surface area contributed by atoms with Gasteiger partial charge < -0.3 is 20.1 Å². The third-order valence-electron chi connectivity index (χ3n) is 5.81. The fourth-order valence-corrected chi connectivity index (χ4v) is 4.37. The fourth-order valence-electron chi connectivity index (χ4n) is 4.01. The first-order valence-electron chi connectivity index (χ1n) is 10.4. The number of H-pyrrole nitrogens is 2. The van der Waals surface area contributed by atoms with Gasteiger partial charge in [-0.2, -0.15) is 5.10 Å². The molecule has 0 atom stereocenters. The van der Waals surface area contributed by atoms with E-state index in [4.69, 9.17) is 4.98 Å². The van der Waals surface area contributed by atoms with E-state index in [2.05, 4.69) is 77.5 Å². The number of rotatable bonds is 6. The molecule has 1 fully saturated rings. The Balaban J connectivity index is 1.25. The van der Waals surface area contributed by atoms with Gasteiger partial charge >= 0.3 is 0 Å². The lowest BCUT2D eigenvalue weighted by Crippen LogP contribution is -2.44. The Labute approximate surface area is 184 Å². The fraction of sp³-hybridized carbons (Fsp3) is 0.364. The Morgan fingerprint density at radius 3 is 2.80 bits per heavy atom. The number of aromatic nitrogens is 4. The molecule has 5 rings (SSSR count). The van der Waals surface area contributed by atoms with Crippen LogP contribution in [0.15, 0.2) is 40.9 Å². The Morgan fingerprint density at radius 2 is 1.93 bits per heavy atom. The second-order valence-corrected chi connectivity index (χ2v) is 8.92. The highest BCUT2D eigenvalue weighted by Crippen LogP contribution is 2.29. The highest BCUT2D eigenvalue weighted by molar-refractivity contribution is 9.10. The van der Waals surface area contributed by atoms with E-state index in [1.807, 2.05) is 12.1 Å². The molecule has 2 aromatic carbocycles. The second kappa shape index (κ2) is 8.37. The van der Waals surface area contributed by atoms with Crippen molar-refractivity contribution >= 4 is 43.6 Å². The van der Waals surface area contributed by atoms with Gasteiger partial charge in [0.25, 0.3) is 0 Å². The normalized spacial score (nSPS) is 15.9. The molecule has 30 heavy (non-hydrogen) atoms. The standard InChI is InChI=1S/C22H26BrN7/c1-29-9-11-30(12-10-29)8-2-7-24-16-4-6-19-20(14-16)26-22(25-19)21-17-13-15(23)3-5-18(17)27-28-21/h3-6,13-14,24H,2,7-12H2,1H3,(H,25,26)(H,27,28). The summed E-state index contributed by atoms with van der Waals surface area (Å²) in [5.41, 5.74) is 4.91. The van der Waals surface area contributed by atoms with Crippen molar-refractivity contribution in [3.63, 3.8) is 0 Å². The minimum Gasteiger partial charge on any atom is -0.385 e. The molecule has 7 nitrogen and oxygen atoms in total. The molecule has 0 bridgehead atoms. The number of piperazine rings is 1. The van der Waals surface area contributed by atoms with E-state index in [1.54, 1.807) is 0 Å². The molecule has 0 radical (unpaired) electrons. The lowest BCUT2D eigenvalue weighted by Gasteiger charge is -2.32. The van der Waals surface area contributed by atoms with Crippen molar-refractivity contribution in [2.45, 2.75) is 6.42 Å². The molecule has 8 heteroatoms. The quantitative estimate of drug-likeness (QED) is 0.374. The van der Waals surface area contributed by atoms with Gasteiger partial charge in [-0.15, -0.1) is 0 Å². The van der Waals surface area contributed by atoms with Crippen LogP contribution in [0.5, 0.6) is 0 Å². The number of benzene rings is 2. The predicted molar refractivity (Wildman–Crippen MR) is 126 cm³/mol. The van der Waals surface area contributed by atoms with Crippen molar-refractivity contribution in [2.24, 2.45) is 0 Å². The topological polar surface area (TPSA) is 75.9 Å². The first-order valence-corrected chi connectivity index (χ1v) is 11.2. The summed E-state index contributed by atoms with van der Waals surface area (Å²) in [6.07, 6.45) is 1.14. The van der Waals surface area contributed by atoms with E-state index in [-0.39, 0.29) is 0 Å². The van der Waals surface area contributed by atoms with Crippen LogP contribution < -0.4 is 5.32 Å². The number of nitrogens with one attached hydrogen (secondary N) is 3. The van der Waals surface area contributed by atoms with Gasteiger partial charge in [-0.05, 0) is 56.4 Å². The zero-order chi connectivity index (χ0) is 20.5. The molecular formula is C22H26BrN7. The van der Waals surface area contributed by atoms with Crippen molar-refractivity contribution < 1.29 is 0 Å².